The van der Waals surface area contributed by atoms with E-state index in [-0.39, 0.29) is 5.41 Å². The molecule has 0 bridgehead atoms. The molecule has 0 saturated heterocycles. The number of fused-ring (bicyclic) bond motifs is 36. The van der Waals surface area contributed by atoms with Crippen LogP contribution in [0.5, 0.6) is 0 Å². The number of nitrogens with zero attached hydrogens (tertiary/aromatic N) is 9. The third-order valence-corrected chi connectivity index (χ3v) is 33.9. The van der Waals surface area contributed by atoms with Gasteiger partial charge >= 0.3 is 0 Å². The van der Waals surface area contributed by atoms with Crippen molar-refractivity contribution in [3.63, 3.8) is 0 Å². The lowest BCUT2D eigenvalue weighted by Crippen LogP contribution is -2.15. The first kappa shape index (κ1) is 84.4. The van der Waals surface area contributed by atoms with E-state index in [1.807, 2.05) is 46.1 Å². The topological polar surface area (TPSA) is 92.1 Å². The van der Waals surface area contributed by atoms with Gasteiger partial charge in [-0.15, -0.1) is 34.0 Å². The van der Waals surface area contributed by atoms with Crippen molar-refractivity contribution in [1.82, 2.24) is 43.6 Å². The molecule has 32 rings (SSSR count). The molecule has 9 nitrogen and oxygen atoms in total. The summed E-state index contributed by atoms with van der Waals surface area (Å²) in [5.41, 5.74) is 27.8. The van der Waals surface area contributed by atoms with E-state index in [1.165, 1.54) is 170 Å². The Kier molecular flexibility index (Phi) is 19.2. The Bertz CT molecular complexity index is 10900. The maximum absolute atomic E-state index is 5.57. The highest BCUT2D eigenvalue weighted by atomic mass is 32.1. The first-order valence-electron chi connectivity index (χ1n) is 49.9. The van der Waals surface area contributed by atoms with Crippen molar-refractivity contribution >= 4 is 225 Å². The van der Waals surface area contributed by atoms with Crippen LogP contribution in [0.4, 0.5) is 0 Å². The van der Waals surface area contributed by atoms with Crippen LogP contribution < -0.4 is 0 Å². The first-order valence-corrected chi connectivity index (χ1v) is 52.4. The summed E-state index contributed by atoms with van der Waals surface area (Å²) in [4.78, 5) is 31.9. The van der Waals surface area contributed by atoms with Crippen LogP contribution in [0, 0.1) is 0 Å². The van der Waals surface area contributed by atoms with Crippen LogP contribution in [0.2, 0.25) is 0 Å². The summed E-state index contributed by atoms with van der Waals surface area (Å²) >= 11 is 5.66. The van der Waals surface area contributed by atoms with Crippen molar-refractivity contribution in [3.05, 3.63) is 478 Å². The third-order valence-electron chi connectivity index (χ3n) is 30.3. The fourth-order valence-corrected chi connectivity index (χ4v) is 27.6. The van der Waals surface area contributed by atoms with Gasteiger partial charge in [-0.25, -0.2) is 29.9 Å². The smallest absolute Gasteiger partial charge is 0.235 e. The van der Waals surface area contributed by atoms with Crippen LogP contribution >= 0.6 is 34.0 Å². The summed E-state index contributed by atoms with van der Waals surface area (Å²) in [5, 5.41) is 26.1. The lowest BCUT2D eigenvalue weighted by atomic mass is 9.82. The second kappa shape index (κ2) is 33.4. The standard InChI is InChI=1S/C48H29N3S.C45H29N3S.C42H25N3S/c1-3-15-30(16-4-1)32-27-33(31-17-5-2-6-18-31)29-34(28-32)45-37-21-9-12-24-40(37)49-48(50-45)51-41-25-13-10-22-38(41)44-46(51)36-20-8-7-19-35(36)43-39-23-11-14-26-42(39)52-47(43)44;1-45(2)34-19-9-5-13-27(34)28-24-23-26(25-35(28)45)41-31-16-6-10-20-36(31)46-44(47-41)48-37-21-11-7-17-32(37)40-42(48)30-15-4-3-14-29(30)39-33-18-8-12-22-38(33)49-43(39)40;1-2-12-26(13-3-1)39-31-16-6-9-19-34(31)43-42(44-39)27-22-24-28(25-23-27)45-35-20-10-7-17-32(35)38-40(45)30-15-5-4-14-29(30)37-33-18-8-11-21-36(33)46-41(37)38/h1-29H;3-25H,1-2H3;1-25H. The molecule has 9 heterocycles. The third kappa shape index (κ3) is 13.2. The number of thiophene rings is 3. The molecule has 147 heavy (non-hydrogen) atoms. The number of hydrogen-bond donors (Lipinski definition) is 0. The molecule has 0 aliphatic heterocycles. The zero-order valence-corrected chi connectivity index (χ0v) is 82.2. The van der Waals surface area contributed by atoms with Crippen molar-refractivity contribution < 1.29 is 0 Å². The van der Waals surface area contributed by atoms with Crippen LogP contribution in [0.3, 0.4) is 0 Å². The maximum Gasteiger partial charge on any atom is 0.235 e. The van der Waals surface area contributed by atoms with Gasteiger partial charge in [0.15, 0.2) is 5.82 Å². The molecular formula is C135H83N9S3. The summed E-state index contributed by atoms with van der Waals surface area (Å²) in [5.74, 6) is 2.08. The van der Waals surface area contributed by atoms with Gasteiger partial charge in [0.25, 0.3) is 0 Å². The zero-order valence-electron chi connectivity index (χ0n) is 79.7. The molecular weight excluding hydrogens is 1840 g/mol. The van der Waals surface area contributed by atoms with E-state index in [1.54, 1.807) is 0 Å². The second-order valence-corrected chi connectivity index (χ2v) is 42.0. The van der Waals surface area contributed by atoms with Crippen molar-refractivity contribution in [2.75, 3.05) is 0 Å². The van der Waals surface area contributed by atoms with E-state index in [0.717, 1.165) is 117 Å². The minimum atomic E-state index is -0.102. The molecule has 1 aliphatic carbocycles. The average molecular weight is 1930 g/mol. The average Bonchev–Trinajstić information content (AvgIpc) is 1.54. The summed E-state index contributed by atoms with van der Waals surface area (Å²) < 4.78 is 15.0. The summed E-state index contributed by atoms with van der Waals surface area (Å²) in [6, 6.07) is 167. The van der Waals surface area contributed by atoms with Crippen LogP contribution in [-0.4, -0.2) is 43.6 Å². The van der Waals surface area contributed by atoms with Crippen molar-refractivity contribution in [2.24, 2.45) is 0 Å². The van der Waals surface area contributed by atoms with Crippen molar-refractivity contribution in [3.8, 4) is 96.1 Å². The van der Waals surface area contributed by atoms with E-state index in [9.17, 15) is 0 Å². The lowest BCUT2D eigenvalue weighted by Gasteiger charge is -2.22. The van der Waals surface area contributed by atoms with E-state index >= 15 is 0 Å². The normalized spacial score (nSPS) is 12.5. The van der Waals surface area contributed by atoms with Gasteiger partial charge in [0, 0.05) is 159 Å². The second-order valence-electron chi connectivity index (χ2n) is 38.8. The number of para-hydroxylation sites is 6. The van der Waals surface area contributed by atoms with Gasteiger partial charge < -0.3 is 4.57 Å². The number of hydrogen-bond acceptors (Lipinski definition) is 9. The van der Waals surface area contributed by atoms with Crippen molar-refractivity contribution in [2.45, 2.75) is 19.3 Å². The van der Waals surface area contributed by atoms with Gasteiger partial charge in [-0.3, -0.25) is 9.13 Å². The molecule has 0 N–H and O–H groups in total. The van der Waals surface area contributed by atoms with Gasteiger partial charge in [0.2, 0.25) is 11.9 Å². The van der Waals surface area contributed by atoms with Gasteiger partial charge in [0.05, 0.1) is 66.7 Å². The minimum Gasteiger partial charge on any atom is -0.309 e. The van der Waals surface area contributed by atoms with Crippen LogP contribution in [0.15, 0.2) is 467 Å². The van der Waals surface area contributed by atoms with Gasteiger partial charge in [0.1, 0.15) is 0 Å². The molecule has 0 unspecified atom stereocenters. The number of aromatic nitrogens is 9. The summed E-state index contributed by atoms with van der Waals surface area (Å²) in [7, 11) is 0. The van der Waals surface area contributed by atoms with E-state index < -0.39 is 0 Å². The van der Waals surface area contributed by atoms with Crippen LogP contribution in [-0.2, 0) is 5.41 Å². The molecule has 9 aromatic heterocycles. The molecule has 686 valence electrons. The SMILES string of the molecule is CC1(C)c2ccccc2-c2ccc(-c3nc(-n4c5ccccc5c5c6sc7ccccc7c6c6ccccc6c54)nc4ccccc34)cc21.c1ccc(-c2cc(-c3ccccc3)cc(-c3nc(-n4c5ccccc5c5c6sc7ccccc7c6c6ccccc6c54)nc4ccccc34)c2)cc1.c1ccc(-c2nc(-c3ccc(-n4c5ccccc5c5c6sc7ccccc7c6c6ccccc6c54)cc3)nc3ccccc23)cc1. The summed E-state index contributed by atoms with van der Waals surface area (Å²) in [6.45, 7) is 4.67. The van der Waals surface area contributed by atoms with Crippen LogP contribution in [0.25, 0.3) is 287 Å². The van der Waals surface area contributed by atoms with Crippen LogP contribution in [0.1, 0.15) is 25.0 Å². The number of rotatable bonds is 9. The predicted molar refractivity (Wildman–Crippen MR) is 623 cm³/mol. The van der Waals surface area contributed by atoms with E-state index in [4.69, 9.17) is 29.9 Å². The Balaban J connectivity index is 0.000000102. The Morgan fingerprint density at radius 2 is 0.517 bits per heavy atom. The predicted octanol–water partition coefficient (Wildman–Crippen LogP) is 37.1. The monoisotopic (exact) mass is 1930 g/mol. The van der Waals surface area contributed by atoms with Gasteiger partial charge in [-0.1, -0.05) is 378 Å². The molecule has 0 radical (unpaired) electrons. The van der Waals surface area contributed by atoms with Gasteiger partial charge in [-0.05, 0) is 164 Å². The zero-order chi connectivity index (χ0) is 96.8. The highest BCUT2D eigenvalue weighted by Gasteiger charge is 2.37. The Morgan fingerprint density at radius 3 is 0.966 bits per heavy atom. The Morgan fingerprint density at radius 1 is 0.197 bits per heavy atom. The van der Waals surface area contributed by atoms with E-state index in [0.29, 0.717) is 11.9 Å². The molecule has 0 atom stereocenters. The quantitative estimate of drug-likeness (QED) is 0.143. The Labute approximate surface area is 855 Å². The molecule has 22 aromatic carbocycles. The molecule has 0 fully saturated rings. The molecule has 31 aromatic rings. The highest BCUT2D eigenvalue weighted by molar-refractivity contribution is 7.28. The van der Waals surface area contributed by atoms with Crippen molar-refractivity contribution in [1.29, 1.82) is 0 Å². The molecule has 0 saturated carbocycles. The lowest BCUT2D eigenvalue weighted by molar-refractivity contribution is 0.660. The maximum atomic E-state index is 5.57. The number of benzene rings is 22. The molecule has 0 amide bonds. The fourth-order valence-electron chi connectivity index (χ4n) is 23.8. The highest BCUT2D eigenvalue weighted by Crippen LogP contribution is 2.55. The molecule has 1 aliphatic rings. The molecule has 12 heteroatoms. The first-order chi connectivity index (χ1) is 72.7. The molecule has 0 spiro atoms. The summed E-state index contributed by atoms with van der Waals surface area (Å²) in [6.07, 6.45) is 0. The van der Waals surface area contributed by atoms with E-state index in [2.05, 4.69) is 483 Å². The minimum absolute atomic E-state index is 0.102. The Hall–Kier alpha value is -18.3. The largest absolute Gasteiger partial charge is 0.309 e. The van der Waals surface area contributed by atoms with Gasteiger partial charge in [-0.2, -0.15) is 0 Å². The fraction of sp³-hybridized carbons (Fsp3) is 0.0222.